The first-order valence-corrected chi connectivity index (χ1v) is 7.42. The van der Waals surface area contributed by atoms with Crippen LogP contribution in [0.15, 0.2) is 27.4 Å². The molecule has 0 amide bonds. The highest BCUT2D eigenvalue weighted by Gasteiger charge is 2.19. The largest absolute Gasteiger partial charge is 0.493 e. The number of carbonyl (C=O) groups is 1. The van der Waals surface area contributed by atoms with E-state index in [9.17, 15) is 4.79 Å². The molecule has 0 aliphatic carbocycles. The maximum Gasteiger partial charge on any atom is 0.203 e. The van der Waals surface area contributed by atoms with Crippen LogP contribution in [0.4, 0.5) is 0 Å². The minimum Gasteiger partial charge on any atom is -0.493 e. The van der Waals surface area contributed by atoms with Gasteiger partial charge < -0.3 is 14.2 Å². The van der Waals surface area contributed by atoms with E-state index in [1.165, 1.54) is 32.7 Å². The second-order valence-corrected chi connectivity index (χ2v) is 5.47. The maximum absolute atomic E-state index is 12.5. The van der Waals surface area contributed by atoms with Gasteiger partial charge in [-0.3, -0.25) is 4.79 Å². The molecule has 0 radical (unpaired) electrons. The Morgan fingerprint density at radius 1 is 1.05 bits per heavy atom. The van der Waals surface area contributed by atoms with Gasteiger partial charge in [0.25, 0.3) is 0 Å². The fraction of sp³-hybridized carbons (Fsp3) is 0.214. The molecule has 0 aliphatic heterocycles. The second-order valence-electron chi connectivity index (χ2n) is 3.88. The molecule has 0 saturated heterocycles. The minimum absolute atomic E-state index is 0.0996. The molecule has 1 heterocycles. The van der Waals surface area contributed by atoms with Crippen molar-refractivity contribution in [3.8, 4) is 17.2 Å². The molecule has 106 valence electrons. The molecule has 20 heavy (non-hydrogen) atoms. The lowest BCUT2D eigenvalue weighted by Crippen LogP contribution is -2.03. The van der Waals surface area contributed by atoms with E-state index in [2.05, 4.69) is 15.9 Å². The Bertz CT molecular complexity index is 611. The van der Waals surface area contributed by atoms with Gasteiger partial charge in [-0.25, -0.2) is 0 Å². The van der Waals surface area contributed by atoms with E-state index in [-0.39, 0.29) is 5.78 Å². The molecule has 0 unspecified atom stereocenters. The van der Waals surface area contributed by atoms with E-state index in [1.807, 2.05) is 5.38 Å². The zero-order valence-corrected chi connectivity index (χ0v) is 13.6. The number of hydrogen-bond donors (Lipinski definition) is 0. The van der Waals surface area contributed by atoms with Crippen LogP contribution in [0.5, 0.6) is 17.2 Å². The average molecular weight is 357 g/mol. The van der Waals surface area contributed by atoms with Crippen LogP contribution in [0, 0.1) is 0 Å². The minimum atomic E-state index is -0.0996. The van der Waals surface area contributed by atoms with Crippen molar-refractivity contribution in [1.29, 1.82) is 0 Å². The quantitative estimate of drug-likeness (QED) is 0.765. The summed E-state index contributed by atoms with van der Waals surface area (Å²) in [6.07, 6.45) is 0. The number of benzene rings is 1. The van der Waals surface area contributed by atoms with E-state index in [0.717, 1.165) is 4.47 Å². The summed E-state index contributed by atoms with van der Waals surface area (Å²) in [5.74, 6) is 1.29. The summed E-state index contributed by atoms with van der Waals surface area (Å²) >= 11 is 4.83. The van der Waals surface area contributed by atoms with Crippen LogP contribution < -0.4 is 14.2 Å². The summed E-state index contributed by atoms with van der Waals surface area (Å²) in [5.41, 5.74) is 1.10. The Balaban J connectivity index is 2.53. The van der Waals surface area contributed by atoms with Crippen molar-refractivity contribution in [2.45, 2.75) is 0 Å². The standard InChI is InChI=1S/C14H13BrO4S/c1-17-11-4-8(5-12(18-2)14(11)19-3)13(16)9-6-20-7-10(9)15/h4-7H,1-3H3. The first kappa shape index (κ1) is 14.9. The van der Waals surface area contributed by atoms with Crippen molar-refractivity contribution in [3.05, 3.63) is 38.5 Å². The number of carbonyl (C=O) groups excluding carboxylic acids is 1. The topological polar surface area (TPSA) is 44.8 Å². The van der Waals surface area contributed by atoms with Crippen LogP contribution in [0.25, 0.3) is 0 Å². The predicted molar refractivity (Wildman–Crippen MR) is 81.5 cm³/mol. The van der Waals surface area contributed by atoms with Crippen molar-refractivity contribution in [1.82, 2.24) is 0 Å². The summed E-state index contributed by atoms with van der Waals surface area (Å²) in [7, 11) is 4.56. The molecule has 0 fully saturated rings. The van der Waals surface area contributed by atoms with E-state index in [1.54, 1.807) is 17.5 Å². The highest BCUT2D eigenvalue weighted by Crippen LogP contribution is 2.39. The third-order valence-corrected chi connectivity index (χ3v) is 4.49. The molecule has 0 spiro atoms. The number of hydrogen-bond acceptors (Lipinski definition) is 5. The lowest BCUT2D eigenvalue weighted by atomic mass is 10.0. The van der Waals surface area contributed by atoms with Gasteiger partial charge in [-0.15, -0.1) is 0 Å². The van der Waals surface area contributed by atoms with Crippen LogP contribution in [-0.4, -0.2) is 27.1 Å². The summed E-state index contributed by atoms with van der Waals surface area (Å²) < 4.78 is 16.5. The summed E-state index contributed by atoms with van der Waals surface area (Å²) in [6, 6.07) is 3.29. The van der Waals surface area contributed by atoms with Gasteiger partial charge in [-0.1, -0.05) is 0 Å². The van der Waals surface area contributed by atoms with E-state index in [0.29, 0.717) is 28.4 Å². The first-order valence-electron chi connectivity index (χ1n) is 5.68. The molecule has 1 aromatic heterocycles. The lowest BCUT2D eigenvalue weighted by molar-refractivity contribution is 0.103. The fourth-order valence-electron chi connectivity index (χ4n) is 1.81. The average Bonchev–Trinajstić information content (AvgIpc) is 2.90. The number of thiophene rings is 1. The molecule has 0 bridgehead atoms. The lowest BCUT2D eigenvalue weighted by Gasteiger charge is -2.13. The highest BCUT2D eigenvalue weighted by molar-refractivity contribution is 9.10. The Hall–Kier alpha value is -1.53. The van der Waals surface area contributed by atoms with Crippen LogP contribution >= 0.6 is 27.3 Å². The second kappa shape index (κ2) is 6.28. The zero-order valence-electron chi connectivity index (χ0n) is 11.2. The number of rotatable bonds is 5. The van der Waals surface area contributed by atoms with Gasteiger partial charge in [0.2, 0.25) is 5.75 Å². The van der Waals surface area contributed by atoms with Crippen LogP contribution in [0.1, 0.15) is 15.9 Å². The van der Waals surface area contributed by atoms with Gasteiger partial charge >= 0.3 is 0 Å². The molecule has 0 saturated carbocycles. The smallest absolute Gasteiger partial charge is 0.203 e. The van der Waals surface area contributed by atoms with Gasteiger partial charge in [-0.05, 0) is 28.1 Å². The first-order chi connectivity index (χ1) is 9.62. The van der Waals surface area contributed by atoms with Crippen molar-refractivity contribution in [2.75, 3.05) is 21.3 Å². The molecular formula is C14H13BrO4S. The number of methoxy groups -OCH3 is 3. The third kappa shape index (κ3) is 2.66. The van der Waals surface area contributed by atoms with Gasteiger partial charge in [0.15, 0.2) is 17.3 Å². The third-order valence-electron chi connectivity index (χ3n) is 2.79. The maximum atomic E-state index is 12.5. The Morgan fingerprint density at radius 3 is 2.05 bits per heavy atom. The van der Waals surface area contributed by atoms with Gasteiger partial charge in [0.1, 0.15) is 0 Å². The van der Waals surface area contributed by atoms with Gasteiger partial charge in [0, 0.05) is 26.4 Å². The normalized spacial score (nSPS) is 10.2. The molecular weight excluding hydrogens is 344 g/mol. The van der Waals surface area contributed by atoms with Gasteiger partial charge in [-0.2, -0.15) is 11.3 Å². The van der Waals surface area contributed by atoms with Crippen molar-refractivity contribution in [3.63, 3.8) is 0 Å². The van der Waals surface area contributed by atoms with E-state index >= 15 is 0 Å². The fourth-order valence-corrected chi connectivity index (χ4v) is 3.27. The van der Waals surface area contributed by atoms with E-state index in [4.69, 9.17) is 14.2 Å². The highest BCUT2D eigenvalue weighted by atomic mass is 79.9. The van der Waals surface area contributed by atoms with Crippen LogP contribution in [-0.2, 0) is 0 Å². The number of halogens is 1. The zero-order chi connectivity index (χ0) is 14.7. The summed E-state index contributed by atoms with van der Waals surface area (Å²) in [6.45, 7) is 0. The van der Waals surface area contributed by atoms with Crippen LogP contribution in [0.3, 0.4) is 0 Å². The monoisotopic (exact) mass is 356 g/mol. The van der Waals surface area contributed by atoms with Crippen molar-refractivity contribution < 1.29 is 19.0 Å². The number of ether oxygens (including phenoxy) is 3. The number of ketones is 1. The molecule has 2 aromatic rings. The molecule has 2 rings (SSSR count). The molecule has 0 atom stereocenters. The van der Waals surface area contributed by atoms with Crippen LogP contribution in [0.2, 0.25) is 0 Å². The SMILES string of the molecule is COc1cc(C(=O)c2cscc2Br)cc(OC)c1OC. The summed E-state index contributed by atoms with van der Waals surface area (Å²) in [4.78, 5) is 12.5. The Kier molecular flexibility index (Phi) is 4.67. The molecule has 1 aromatic carbocycles. The Morgan fingerprint density at radius 2 is 1.65 bits per heavy atom. The van der Waals surface area contributed by atoms with Crippen molar-refractivity contribution >= 4 is 33.0 Å². The summed E-state index contributed by atoms with van der Waals surface area (Å²) in [5, 5.41) is 3.67. The molecule has 0 N–H and O–H groups in total. The molecule has 0 aliphatic rings. The molecule has 6 heteroatoms. The molecule has 4 nitrogen and oxygen atoms in total. The predicted octanol–water partition coefficient (Wildman–Crippen LogP) is 3.77. The van der Waals surface area contributed by atoms with Crippen molar-refractivity contribution in [2.24, 2.45) is 0 Å². The van der Waals surface area contributed by atoms with Gasteiger partial charge in [0.05, 0.1) is 21.3 Å². The van der Waals surface area contributed by atoms with E-state index < -0.39 is 0 Å². The Labute approximate surface area is 129 Å².